The summed E-state index contributed by atoms with van der Waals surface area (Å²) in [6.07, 6.45) is 1.08. The van der Waals surface area contributed by atoms with Gasteiger partial charge in [-0.05, 0) is 17.4 Å². The molecule has 176 valence electrons. The smallest absolute Gasteiger partial charge is 0.332 e. The number of fused-ring (bicyclic) bond motifs is 1. The number of hydrogen-bond acceptors (Lipinski definition) is 8. The Balaban J connectivity index is 1.87. The van der Waals surface area contributed by atoms with E-state index < -0.39 is 15.9 Å². The highest BCUT2D eigenvalue weighted by atomic mass is 32.2. The molecule has 0 bridgehead atoms. The SMILES string of the molecule is COc1cc(C(C)C)c(NC(=O)NS(=N)(=O)c2cnn3c2OC[C@@H](OC)C3)c(C(C)C)n1. The molecule has 0 spiro atoms. The Morgan fingerprint density at radius 2 is 2.03 bits per heavy atom. The molecule has 3 N–H and O–H groups in total. The van der Waals surface area contributed by atoms with Crippen LogP contribution in [-0.4, -0.2) is 51.9 Å². The Labute approximate surface area is 187 Å². The predicted molar refractivity (Wildman–Crippen MR) is 119 cm³/mol. The molecule has 2 aromatic heterocycles. The van der Waals surface area contributed by atoms with Crippen LogP contribution in [0, 0.1) is 4.78 Å². The van der Waals surface area contributed by atoms with Gasteiger partial charge in [0.1, 0.15) is 17.6 Å². The van der Waals surface area contributed by atoms with Crippen molar-refractivity contribution >= 4 is 21.6 Å². The molecule has 0 fully saturated rings. The Morgan fingerprint density at radius 1 is 1.31 bits per heavy atom. The van der Waals surface area contributed by atoms with Gasteiger partial charge in [0.2, 0.25) is 11.8 Å². The average Bonchev–Trinajstić information content (AvgIpc) is 3.17. The number of aromatic nitrogens is 3. The molecule has 3 rings (SSSR count). The maximum absolute atomic E-state index is 13.1. The molecule has 1 unspecified atom stereocenters. The van der Waals surface area contributed by atoms with Gasteiger partial charge in [-0.1, -0.05) is 27.7 Å². The van der Waals surface area contributed by atoms with Gasteiger partial charge in [-0.3, -0.25) is 0 Å². The van der Waals surface area contributed by atoms with E-state index in [9.17, 15) is 9.00 Å². The number of anilines is 1. The molecule has 2 aromatic rings. The number of rotatable bonds is 7. The summed E-state index contributed by atoms with van der Waals surface area (Å²) >= 11 is 0. The third kappa shape index (κ3) is 4.80. The van der Waals surface area contributed by atoms with E-state index in [-0.39, 0.29) is 35.3 Å². The second-order valence-electron chi connectivity index (χ2n) is 8.10. The van der Waals surface area contributed by atoms with Crippen LogP contribution in [0.4, 0.5) is 10.5 Å². The summed E-state index contributed by atoms with van der Waals surface area (Å²) in [5, 5.41) is 6.88. The lowest BCUT2D eigenvalue weighted by molar-refractivity contribution is 0.0165. The Hall–Kier alpha value is -2.86. The maximum atomic E-state index is 13.1. The van der Waals surface area contributed by atoms with Crippen molar-refractivity contribution in [2.45, 2.75) is 57.1 Å². The first-order valence-corrected chi connectivity index (χ1v) is 11.8. The van der Waals surface area contributed by atoms with Gasteiger partial charge in [0.25, 0.3) is 0 Å². The molecule has 0 aliphatic carbocycles. The summed E-state index contributed by atoms with van der Waals surface area (Å²) in [5.41, 5.74) is 1.97. The van der Waals surface area contributed by atoms with Crippen molar-refractivity contribution in [3.63, 3.8) is 0 Å². The minimum Gasteiger partial charge on any atom is -0.481 e. The second kappa shape index (κ2) is 9.33. The number of carbonyl (C=O) groups is 1. The summed E-state index contributed by atoms with van der Waals surface area (Å²) in [4.78, 5) is 17.3. The molecule has 0 saturated heterocycles. The molecule has 1 aliphatic heterocycles. The lowest BCUT2D eigenvalue weighted by Crippen LogP contribution is -2.36. The number of nitrogens with one attached hydrogen (secondary N) is 3. The first kappa shape index (κ1) is 23.8. The summed E-state index contributed by atoms with van der Waals surface area (Å²) in [6, 6.07) is 0.976. The van der Waals surface area contributed by atoms with Gasteiger partial charge in [0, 0.05) is 13.2 Å². The number of urea groups is 1. The van der Waals surface area contributed by atoms with Crippen LogP contribution in [0.5, 0.6) is 11.8 Å². The zero-order valence-corrected chi connectivity index (χ0v) is 19.9. The highest BCUT2D eigenvalue weighted by Crippen LogP contribution is 2.34. The predicted octanol–water partition coefficient (Wildman–Crippen LogP) is 3.08. The van der Waals surface area contributed by atoms with Gasteiger partial charge in [0.05, 0.1) is 31.2 Å². The van der Waals surface area contributed by atoms with Crippen LogP contribution in [-0.2, 0) is 21.2 Å². The van der Waals surface area contributed by atoms with Crippen molar-refractivity contribution in [2.75, 3.05) is 26.1 Å². The van der Waals surface area contributed by atoms with Crippen LogP contribution in [0.2, 0.25) is 0 Å². The van der Waals surface area contributed by atoms with Gasteiger partial charge in [-0.25, -0.2) is 28.2 Å². The fourth-order valence-electron chi connectivity index (χ4n) is 3.39. The lowest BCUT2D eigenvalue weighted by Gasteiger charge is -2.24. The average molecular weight is 467 g/mol. The molecule has 0 saturated carbocycles. The number of hydrogen-bond donors (Lipinski definition) is 3. The van der Waals surface area contributed by atoms with Gasteiger partial charge >= 0.3 is 6.03 Å². The number of pyridine rings is 1. The van der Waals surface area contributed by atoms with Crippen molar-refractivity contribution in [1.82, 2.24) is 19.5 Å². The third-order valence-electron chi connectivity index (χ3n) is 5.09. The fraction of sp³-hybridized carbons (Fsp3) is 0.550. The van der Waals surface area contributed by atoms with Gasteiger partial charge in [0.15, 0.2) is 9.92 Å². The first-order chi connectivity index (χ1) is 15.1. The highest BCUT2D eigenvalue weighted by molar-refractivity contribution is 7.91. The van der Waals surface area contributed by atoms with Crippen LogP contribution in [0.1, 0.15) is 50.8 Å². The summed E-state index contributed by atoms with van der Waals surface area (Å²) < 4.78 is 41.3. The molecule has 32 heavy (non-hydrogen) atoms. The Bertz CT molecular complexity index is 1070. The van der Waals surface area contributed by atoms with Crippen LogP contribution in [0.15, 0.2) is 17.2 Å². The van der Waals surface area contributed by atoms with Gasteiger partial charge in [-0.2, -0.15) is 5.10 Å². The number of carbonyl (C=O) groups excluding carboxylic acids is 1. The molecule has 11 nitrogen and oxygen atoms in total. The molecule has 12 heteroatoms. The summed E-state index contributed by atoms with van der Waals surface area (Å²) in [7, 11) is -0.637. The van der Waals surface area contributed by atoms with E-state index in [4.69, 9.17) is 19.0 Å². The second-order valence-corrected chi connectivity index (χ2v) is 9.86. The summed E-state index contributed by atoms with van der Waals surface area (Å²) in [5.74, 6) is 0.689. The van der Waals surface area contributed by atoms with E-state index in [1.807, 2.05) is 27.7 Å². The van der Waals surface area contributed by atoms with E-state index in [2.05, 4.69) is 20.1 Å². The molecule has 2 atom stereocenters. The first-order valence-electron chi connectivity index (χ1n) is 10.2. The van der Waals surface area contributed by atoms with Crippen molar-refractivity contribution in [3.05, 3.63) is 23.5 Å². The third-order valence-corrected chi connectivity index (χ3v) is 6.46. The van der Waals surface area contributed by atoms with Crippen molar-refractivity contribution in [1.29, 1.82) is 4.78 Å². The van der Waals surface area contributed by atoms with Crippen molar-refractivity contribution in [2.24, 2.45) is 0 Å². The Kier molecular flexibility index (Phi) is 6.94. The fourth-order valence-corrected chi connectivity index (χ4v) is 4.42. The molecular weight excluding hydrogens is 436 g/mol. The van der Waals surface area contributed by atoms with Crippen LogP contribution < -0.4 is 19.5 Å². The van der Waals surface area contributed by atoms with Gasteiger partial charge < -0.3 is 19.5 Å². The number of nitrogens with zero attached hydrogens (tertiary/aromatic N) is 3. The van der Waals surface area contributed by atoms with Crippen LogP contribution in [0.3, 0.4) is 0 Å². The standard InChI is InChI=1S/C20H30N6O5S/c1-11(2)14-7-16(30-6)23-17(12(3)4)18(14)24-20(27)25-32(21,28)15-8-22-26-9-13(29-5)10-31-19(15)26/h7-8,11-13H,9-10H2,1-6H3,(H3,21,24,25,27,28)/t13-,32?/m0/s1. The number of amides is 2. The highest BCUT2D eigenvalue weighted by Gasteiger charge is 2.29. The number of ether oxygens (including phenoxy) is 3. The topological polar surface area (TPSA) is 140 Å². The van der Waals surface area contributed by atoms with Gasteiger partial charge in [-0.15, -0.1) is 0 Å². The minimum atomic E-state index is -3.74. The van der Waals surface area contributed by atoms with Crippen molar-refractivity contribution in [3.8, 4) is 11.8 Å². The van der Waals surface area contributed by atoms with E-state index in [1.54, 1.807) is 13.2 Å². The van der Waals surface area contributed by atoms with Crippen LogP contribution in [0.25, 0.3) is 0 Å². The maximum Gasteiger partial charge on any atom is 0.332 e. The quantitative estimate of drug-likeness (QED) is 0.569. The zero-order valence-electron chi connectivity index (χ0n) is 19.1. The van der Waals surface area contributed by atoms with Crippen LogP contribution >= 0.6 is 0 Å². The molecule has 3 heterocycles. The monoisotopic (exact) mass is 466 g/mol. The zero-order chi connectivity index (χ0) is 23.6. The lowest BCUT2D eigenvalue weighted by atomic mass is 9.97. The molecule has 0 aromatic carbocycles. The molecule has 1 aliphatic rings. The van der Waals surface area contributed by atoms with E-state index >= 15 is 0 Å². The molecular formula is C20H30N6O5S. The van der Waals surface area contributed by atoms with E-state index in [0.717, 1.165) is 5.56 Å². The van der Waals surface area contributed by atoms with E-state index in [0.29, 0.717) is 23.8 Å². The Morgan fingerprint density at radius 3 is 2.62 bits per heavy atom. The molecule has 2 amide bonds. The number of methoxy groups -OCH3 is 2. The molecule has 0 radical (unpaired) electrons. The van der Waals surface area contributed by atoms with Crippen molar-refractivity contribution < 1.29 is 23.2 Å². The largest absolute Gasteiger partial charge is 0.481 e. The van der Waals surface area contributed by atoms with E-state index in [1.165, 1.54) is 18.0 Å². The minimum absolute atomic E-state index is 0.00299. The normalized spacial score (nSPS) is 17.4. The summed E-state index contributed by atoms with van der Waals surface area (Å²) in [6.45, 7) is 8.52.